The molecule has 0 aromatic heterocycles. The predicted molar refractivity (Wildman–Crippen MR) is 90.0 cm³/mol. The van der Waals surface area contributed by atoms with Gasteiger partial charge in [-0.15, -0.1) is 0 Å². The van der Waals surface area contributed by atoms with E-state index in [-0.39, 0.29) is 0 Å². The van der Waals surface area contributed by atoms with Crippen LogP contribution in [0.5, 0.6) is 0 Å². The zero-order chi connectivity index (χ0) is 14.6. The maximum absolute atomic E-state index is 3.46. The molecule has 0 fully saturated rings. The first kappa shape index (κ1) is 16.7. The summed E-state index contributed by atoms with van der Waals surface area (Å²) in [6, 6.07) is 10.6. The van der Waals surface area contributed by atoms with Gasteiger partial charge in [0.2, 0.25) is 0 Å². The quantitative estimate of drug-likeness (QED) is 0.504. The number of nitrogens with one attached hydrogen (secondary N) is 1. The largest absolute Gasteiger partial charge is 0.313 e. The third-order valence-electron chi connectivity index (χ3n) is 3.33. The van der Waals surface area contributed by atoms with Gasteiger partial charge in [0.05, 0.1) is 0 Å². The molecular formula is C19H29N. The van der Waals surface area contributed by atoms with Crippen LogP contribution in [0.15, 0.2) is 54.1 Å². The average Bonchev–Trinajstić information content (AvgIpc) is 2.43. The van der Waals surface area contributed by atoms with Crippen molar-refractivity contribution in [3.8, 4) is 0 Å². The van der Waals surface area contributed by atoms with Crippen LogP contribution in [-0.2, 0) is 6.42 Å². The Morgan fingerprint density at radius 2 is 1.95 bits per heavy atom. The van der Waals surface area contributed by atoms with Gasteiger partial charge in [0.1, 0.15) is 0 Å². The zero-order valence-electron chi connectivity index (χ0n) is 13.2. The lowest BCUT2D eigenvalue weighted by molar-refractivity contribution is 0.651. The monoisotopic (exact) mass is 271 g/mol. The number of rotatable bonds is 9. The Labute approximate surface area is 124 Å². The minimum atomic E-state index is 0.668. The molecule has 0 spiro atoms. The fourth-order valence-electron chi connectivity index (χ4n) is 2.09. The van der Waals surface area contributed by atoms with Gasteiger partial charge in [0.25, 0.3) is 0 Å². The first-order valence-electron chi connectivity index (χ1n) is 7.73. The highest BCUT2D eigenvalue weighted by Gasteiger charge is 1.95. The summed E-state index contributed by atoms with van der Waals surface area (Å²) in [6.07, 6.45) is 10.4. The lowest BCUT2D eigenvalue weighted by Gasteiger charge is -2.05. The summed E-state index contributed by atoms with van der Waals surface area (Å²) in [5, 5.41) is 3.46. The van der Waals surface area contributed by atoms with Crippen molar-refractivity contribution in [1.82, 2.24) is 5.32 Å². The van der Waals surface area contributed by atoms with Crippen LogP contribution < -0.4 is 5.32 Å². The van der Waals surface area contributed by atoms with Gasteiger partial charge in [0.15, 0.2) is 0 Å². The van der Waals surface area contributed by atoms with E-state index in [0.29, 0.717) is 5.92 Å². The first-order valence-corrected chi connectivity index (χ1v) is 7.73. The minimum Gasteiger partial charge on any atom is -0.313 e. The fourth-order valence-corrected chi connectivity index (χ4v) is 2.09. The molecule has 0 bridgehead atoms. The summed E-state index contributed by atoms with van der Waals surface area (Å²) < 4.78 is 0. The molecular weight excluding hydrogens is 242 g/mol. The van der Waals surface area contributed by atoms with Crippen molar-refractivity contribution >= 4 is 0 Å². The summed E-state index contributed by atoms with van der Waals surface area (Å²) in [6.45, 7) is 8.63. The molecule has 0 radical (unpaired) electrons. The molecule has 0 saturated heterocycles. The molecule has 1 rings (SSSR count). The van der Waals surface area contributed by atoms with Crippen molar-refractivity contribution in [1.29, 1.82) is 0 Å². The maximum Gasteiger partial charge on any atom is 0.0135 e. The second-order valence-corrected chi connectivity index (χ2v) is 5.70. The predicted octanol–water partition coefficient (Wildman–Crippen LogP) is 4.76. The highest BCUT2D eigenvalue weighted by Crippen LogP contribution is 2.08. The van der Waals surface area contributed by atoms with E-state index in [2.05, 4.69) is 74.6 Å². The Hall–Kier alpha value is -1.34. The molecule has 1 nitrogen and oxygen atoms in total. The van der Waals surface area contributed by atoms with Gasteiger partial charge in [-0.05, 0) is 51.1 Å². The number of benzene rings is 1. The molecule has 20 heavy (non-hydrogen) atoms. The molecule has 0 heterocycles. The van der Waals surface area contributed by atoms with Crippen LogP contribution in [0.3, 0.4) is 0 Å². The van der Waals surface area contributed by atoms with Gasteiger partial charge in [-0.2, -0.15) is 0 Å². The van der Waals surface area contributed by atoms with Gasteiger partial charge in [-0.25, -0.2) is 0 Å². The van der Waals surface area contributed by atoms with Gasteiger partial charge in [-0.1, -0.05) is 61.1 Å². The van der Waals surface area contributed by atoms with Crippen LogP contribution in [0.4, 0.5) is 0 Å². The van der Waals surface area contributed by atoms with E-state index in [0.717, 1.165) is 19.5 Å². The SMILES string of the molecule is CC(C)=CCC[C@@H](C)/C=C/CNCCc1ccccc1. The van der Waals surface area contributed by atoms with Crippen LogP contribution in [0.2, 0.25) is 0 Å². The molecule has 110 valence electrons. The van der Waals surface area contributed by atoms with Crippen LogP contribution in [0, 0.1) is 5.92 Å². The van der Waals surface area contributed by atoms with Gasteiger partial charge in [0, 0.05) is 6.54 Å². The molecule has 0 aliphatic carbocycles. The van der Waals surface area contributed by atoms with E-state index in [4.69, 9.17) is 0 Å². The molecule has 1 atom stereocenters. The fraction of sp³-hybridized carbons (Fsp3) is 0.474. The number of hydrogen-bond acceptors (Lipinski definition) is 1. The normalized spacial score (nSPS) is 12.6. The lowest BCUT2D eigenvalue weighted by Crippen LogP contribution is -2.17. The van der Waals surface area contributed by atoms with E-state index in [1.165, 1.54) is 24.0 Å². The zero-order valence-corrected chi connectivity index (χ0v) is 13.2. The van der Waals surface area contributed by atoms with Gasteiger partial charge < -0.3 is 5.32 Å². The van der Waals surface area contributed by atoms with Crippen LogP contribution in [0.25, 0.3) is 0 Å². The Bertz CT molecular complexity index is 399. The molecule has 1 N–H and O–H groups in total. The molecule has 0 unspecified atom stereocenters. The van der Waals surface area contributed by atoms with Crippen LogP contribution in [0.1, 0.15) is 39.2 Å². The lowest BCUT2D eigenvalue weighted by atomic mass is 10.0. The summed E-state index contributed by atoms with van der Waals surface area (Å²) in [5.74, 6) is 0.668. The third-order valence-corrected chi connectivity index (χ3v) is 3.33. The molecule has 0 amide bonds. The van der Waals surface area contributed by atoms with Crippen molar-refractivity contribution in [2.75, 3.05) is 13.1 Å². The van der Waals surface area contributed by atoms with E-state index >= 15 is 0 Å². The minimum absolute atomic E-state index is 0.668. The first-order chi connectivity index (χ1) is 9.68. The third kappa shape index (κ3) is 8.71. The maximum atomic E-state index is 3.46. The Balaban J connectivity index is 2.05. The molecule has 1 aromatic rings. The van der Waals surface area contributed by atoms with E-state index in [1.54, 1.807) is 0 Å². The standard InChI is InChI=1S/C19H29N/c1-17(2)9-7-10-18(3)11-8-15-20-16-14-19-12-5-4-6-13-19/h4-6,8-9,11-13,18,20H,7,10,14-16H2,1-3H3/b11-8+/t18-/m1/s1. The number of hydrogen-bond donors (Lipinski definition) is 1. The number of allylic oxidation sites excluding steroid dienone is 3. The molecule has 0 aliphatic heterocycles. The van der Waals surface area contributed by atoms with Crippen LogP contribution >= 0.6 is 0 Å². The van der Waals surface area contributed by atoms with Crippen molar-refractivity contribution in [3.63, 3.8) is 0 Å². The summed E-state index contributed by atoms with van der Waals surface area (Å²) in [7, 11) is 0. The topological polar surface area (TPSA) is 12.0 Å². The van der Waals surface area contributed by atoms with E-state index in [9.17, 15) is 0 Å². The van der Waals surface area contributed by atoms with Crippen molar-refractivity contribution in [2.45, 2.75) is 40.0 Å². The Morgan fingerprint density at radius 3 is 2.65 bits per heavy atom. The summed E-state index contributed by atoms with van der Waals surface area (Å²) in [4.78, 5) is 0. The van der Waals surface area contributed by atoms with E-state index in [1.807, 2.05) is 0 Å². The molecule has 1 heteroatoms. The Kier molecular flexibility index (Phi) is 8.73. The van der Waals surface area contributed by atoms with Crippen LogP contribution in [-0.4, -0.2) is 13.1 Å². The van der Waals surface area contributed by atoms with Crippen molar-refractivity contribution in [2.24, 2.45) is 5.92 Å². The van der Waals surface area contributed by atoms with E-state index < -0.39 is 0 Å². The summed E-state index contributed by atoms with van der Waals surface area (Å²) in [5.41, 5.74) is 2.82. The smallest absolute Gasteiger partial charge is 0.0135 e. The van der Waals surface area contributed by atoms with Gasteiger partial charge in [-0.3, -0.25) is 0 Å². The Morgan fingerprint density at radius 1 is 1.20 bits per heavy atom. The molecule has 0 saturated carbocycles. The second-order valence-electron chi connectivity index (χ2n) is 5.70. The summed E-state index contributed by atoms with van der Waals surface area (Å²) >= 11 is 0. The highest BCUT2D eigenvalue weighted by atomic mass is 14.8. The second kappa shape index (κ2) is 10.4. The van der Waals surface area contributed by atoms with Gasteiger partial charge >= 0.3 is 0 Å². The average molecular weight is 271 g/mol. The molecule has 0 aliphatic rings. The molecule has 1 aromatic carbocycles. The highest BCUT2D eigenvalue weighted by molar-refractivity contribution is 5.14. The van der Waals surface area contributed by atoms with Crippen molar-refractivity contribution < 1.29 is 0 Å². The van der Waals surface area contributed by atoms with Crippen molar-refractivity contribution in [3.05, 3.63) is 59.7 Å².